The van der Waals surface area contributed by atoms with Crippen LogP contribution in [0, 0.1) is 12.7 Å². The molecule has 0 aliphatic rings. The first-order valence-corrected chi connectivity index (χ1v) is 4.62. The molecule has 0 aliphatic heterocycles. The zero-order valence-electron chi connectivity index (χ0n) is 8.31. The van der Waals surface area contributed by atoms with Gasteiger partial charge in [-0.25, -0.2) is 9.07 Å². The Labute approximate surface area is 86.8 Å². The summed E-state index contributed by atoms with van der Waals surface area (Å²) in [6.45, 7) is 1.73. The molecule has 1 aromatic carbocycles. The number of aromatic nitrogens is 2. The van der Waals surface area contributed by atoms with E-state index in [-0.39, 0.29) is 12.4 Å². The molecule has 0 saturated carbocycles. The first kappa shape index (κ1) is 9.86. The average molecular weight is 206 g/mol. The molecule has 0 aliphatic carbocycles. The molecule has 0 amide bonds. The molecule has 2 aromatic rings. The molecule has 1 heterocycles. The summed E-state index contributed by atoms with van der Waals surface area (Å²) in [6, 6.07) is 6.24. The molecule has 0 atom stereocenters. The summed E-state index contributed by atoms with van der Waals surface area (Å²) >= 11 is 0. The number of benzene rings is 1. The Bertz CT molecular complexity index is 479. The van der Waals surface area contributed by atoms with Crippen LogP contribution in [0.4, 0.5) is 4.39 Å². The smallest absolute Gasteiger partial charge is 0.123 e. The average Bonchev–Trinajstić information content (AvgIpc) is 2.66. The van der Waals surface area contributed by atoms with Gasteiger partial charge in [-0.1, -0.05) is 0 Å². The molecule has 78 valence electrons. The standard InChI is InChI=1S/C11H11FN2O/c1-8-6-9(12)2-3-11(8)14-5-4-10(7-15)13-14/h2-6,15H,7H2,1H3. The van der Waals surface area contributed by atoms with E-state index in [9.17, 15) is 4.39 Å². The number of halogens is 1. The third-order valence-corrected chi connectivity index (χ3v) is 2.21. The predicted octanol–water partition coefficient (Wildman–Crippen LogP) is 1.81. The maximum atomic E-state index is 12.9. The van der Waals surface area contributed by atoms with Gasteiger partial charge in [-0.2, -0.15) is 5.10 Å². The minimum absolute atomic E-state index is 0.0900. The third kappa shape index (κ3) is 1.89. The van der Waals surface area contributed by atoms with Crippen LogP contribution in [0.2, 0.25) is 0 Å². The topological polar surface area (TPSA) is 38.0 Å². The van der Waals surface area contributed by atoms with Gasteiger partial charge in [0, 0.05) is 6.20 Å². The number of nitrogens with zero attached hydrogens (tertiary/aromatic N) is 2. The van der Waals surface area contributed by atoms with Gasteiger partial charge in [0.2, 0.25) is 0 Å². The van der Waals surface area contributed by atoms with Crippen LogP contribution in [0.15, 0.2) is 30.5 Å². The van der Waals surface area contributed by atoms with Crippen molar-refractivity contribution in [2.24, 2.45) is 0 Å². The zero-order valence-corrected chi connectivity index (χ0v) is 8.31. The summed E-state index contributed by atoms with van der Waals surface area (Å²) < 4.78 is 14.5. The minimum atomic E-state index is -0.259. The lowest BCUT2D eigenvalue weighted by molar-refractivity contribution is 0.276. The van der Waals surface area contributed by atoms with Gasteiger partial charge in [0.25, 0.3) is 0 Å². The molecule has 1 aromatic heterocycles. The van der Waals surface area contributed by atoms with Crippen LogP contribution in [0.5, 0.6) is 0 Å². The highest BCUT2D eigenvalue weighted by Gasteiger charge is 2.04. The molecule has 0 saturated heterocycles. The Hall–Kier alpha value is -1.68. The number of aliphatic hydroxyl groups is 1. The van der Waals surface area contributed by atoms with Gasteiger partial charge in [0.1, 0.15) is 5.82 Å². The van der Waals surface area contributed by atoms with Crippen molar-refractivity contribution in [2.75, 3.05) is 0 Å². The number of hydrogen-bond acceptors (Lipinski definition) is 2. The van der Waals surface area contributed by atoms with Gasteiger partial charge < -0.3 is 5.11 Å². The molecule has 3 nitrogen and oxygen atoms in total. The van der Waals surface area contributed by atoms with Crippen LogP contribution in [0.25, 0.3) is 5.69 Å². The van der Waals surface area contributed by atoms with Crippen LogP contribution in [-0.4, -0.2) is 14.9 Å². The predicted molar refractivity (Wildman–Crippen MR) is 54.2 cm³/mol. The lowest BCUT2D eigenvalue weighted by Gasteiger charge is -2.05. The highest BCUT2D eigenvalue weighted by Crippen LogP contribution is 2.14. The van der Waals surface area contributed by atoms with Gasteiger partial charge >= 0.3 is 0 Å². The van der Waals surface area contributed by atoms with E-state index in [2.05, 4.69) is 5.10 Å². The highest BCUT2D eigenvalue weighted by molar-refractivity contribution is 5.39. The summed E-state index contributed by atoms with van der Waals surface area (Å²) in [5, 5.41) is 13.0. The second-order valence-electron chi connectivity index (χ2n) is 3.34. The van der Waals surface area contributed by atoms with E-state index in [0.29, 0.717) is 5.69 Å². The van der Waals surface area contributed by atoms with Crippen molar-refractivity contribution in [3.8, 4) is 5.69 Å². The van der Waals surface area contributed by atoms with E-state index < -0.39 is 0 Å². The Morgan fingerprint density at radius 2 is 2.20 bits per heavy atom. The van der Waals surface area contributed by atoms with Gasteiger partial charge in [-0.05, 0) is 36.8 Å². The van der Waals surface area contributed by atoms with Crippen molar-refractivity contribution in [1.29, 1.82) is 0 Å². The molecule has 0 unspecified atom stereocenters. The molecular formula is C11H11FN2O. The first-order valence-electron chi connectivity index (χ1n) is 4.62. The lowest BCUT2D eigenvalue weighted by Crippen LogP contribution is -1.99. The van der Waals surface area contributed by atoms with Crippen molar-refractivity contribution < 1.29 is 9.50 Å². The monoisotopic (exact) mass is 206 g/mol. The molecule has 0 radical (unpaired) electrons. The molecular weight excluding hydrogens is 195 g/mol. The third-order valence-electron chi connectivity index (χ3n) is 2.21. The van der Waals surface area contributed by atoms with Gasteiger partial charge in [-0.3, -0.25) is 0 Å². The molecule has 15 heavy (non-hydrogen) atoms. The van der Waals surface area contributed by atoms with E-state index in [4.69, 9.17) is 5.11 Å². The summed E-state index contributed by atoms with van der Waals surface area (Å²) in [7, 11) is 0. The van der Waals surface area contributed by atoms with Crippen LogP contribution in [-0.2, 0) is 6.61 Å². The normalized spacial score (nSPS) is 10.6. The highest BCUT2D eigenvalue weighted by atomic mass is 19.1. The van der Waals surface area contributed by atoms with E-state index in [1.54, 1.807) is 23.0 Å². The minimum Gasteiger partial charge on any atom is -0.390 e. The second-order valence-corrected chi connectivity index (χ2v) is 3.34. The van der Waals surface area contributed by atoms with Crippen molar-refractivity contribution in [2.45, 2.75) is 13.5 Å². The summed E-state index contributed by atoms with van der Waals surface area (Å²) in [5.41, 5.74) is 2.22. The van der Waals surface area contributed by atoms with Crippen molar-refractivity contribution in [3.63, 3.8) is 0 Å². The number of rotatable bonds is 2. The Morgan fingerprint density at radius 1 is 1.40 bits per heavy atom. The maximum absolute atomic E-state index is 12.9. The van der Waals surface area contributed by atoms with Crippen molar-refractivity contribution in [3.05, 3.63) is 47.5 Å². The molecule has 0 fully saturated rings. The largest absolute Gasteiger partial charge is 0.390 e. The molecule has 1 N–H and O–H groups in total. The number of hydrogen-bond donors (Lipinski definition) is 1. The van der Waals surface area contributed by atoms with Crippen molar-refractivity contribution >= 4 is 0 Å². The van der Waals surface area contributed by atoms with Gasteiger partial charge in [0.15, 0.2) is 0 Å². The van der Waals surface area contributed by atoms with Crippen LogP contribution in [0.3, 0.4) is 0 Å². The Kier molecular flexibility index (Phi) is 2.51. The molecule has 0 spiro atoms. The van der Waals surface area contributed by atoms with Crippen LogP contribution < -0.4 is 0 Å². The quantitative estimate of drug-likeness (QED) is 0.813. The maximum Gasteiger partial charge on any atom is 0.123 e. The SMILES string of the molecule is Cc1cc(F)ccc1-n1ccc(CO)n1. The lowest BCUT2D eigenvalue weighted by atomic mass is 10.2. The van der Waals surface area contributed by atoms with Gasteiger partial charge in [0.05, 0.1) is 18.0 Å². The Morgan fingerprint density at radius 3 is 2.80 bits per heavy atom. The second kappa shape index (κ2) is 3.82. The molecule has 2 rings (SSSR count). The Balaban J connectivity index is 2.44. The van der Waals surface area contributed by atoms with Crippen LogP contribution in [0.1, 0.15) is 11.3 Å². The molecule has 4 heteroatoms. The summed E-state index contributed by atoms with van der Waals surface area (Å²) in [5.74, 6) is -0.259. The molecule has 0 bridgehead atoms. The van der Waals surface area contributed by atoms with Gasteiger partial charge in [-0.15, -0.1) is 0 Å². The van der Waals surface area contributed by atoms with E-state index in [1.165, 1.54) is 12.1 Å². The number of aliphatic hydroxyl groups excluding tert-OH is 1. The fourth-order valence-corrected chi connectivity index (χ4v) is 1.46. The van der Waals surface area contributed by atoms with Crippen LogP contribution >= 0.6 is 0 Å². The number of aryl methyl sites for hydroxylation is 1. The van der Waals surface area contributed by atoms with E-state index >= 15 is 0 Å². The fourth-order valence-electron chi connectivity index (χ4n) is 1.46. The summed E-state index contributed by atoms with van der Waals surface area (Å²) in [6.07, 6.45) is 1.74. The van der Waals surface area contributed by atoms with E-state index in [0.717, 1.165) is 11.3 Å². The van der Waals surface area contributed by atoms with E-state index in [1.807, 2.05) is 6.92 Å². The first-order chi connectivity index (χ1) is 7.20. The van der Waals surface area contributed by atoms with Crippen molar-refractivity contribution in [1.82, 2.24) is 9.78 Å². The summed E-state index contributed by atoms with van der Waals surface area (Å²) in [4.78, 5) is 0. The zero-order chi connectivity index (χ0) is 10.8. The fraction of sp³-hybridized carbons (Fsp3) is 0.182.